The highest BCUT2D eigenvalue weighted by Gasteiger charge is 2.19. The summed E-state index contributed by atoms with van der Waals surface area (Å²) in [6.07, 6.45) is 1.71. The van der Waals surface area contributed by atoms with Crippen LogP contribution in [0.15, 0.2) is 29.2 Å². The molecule has 118 valence electrons. The van der Waals surface area contributed by atoms with Gasteiger partial charge in [0.15, 0.2) is 0 Å². The maximum absolute atomic E-state index is 12.2. The molecule has 5 nitrogen and oxygen atoms in total. The first-order valence-electron chi connectivity index (χ1n) is 7.25. The molecule has 21 heavy (non-hydrogen) atoms. The number of aryl methyl sites for hydroxylation is 1. The summed E-state index contributed by atoms with van der Waals surface area (Å²) in [6.45, 7) is 6.83. The zero-order chi connectivity index (χ0) is 15.9. The number of nitrogens with zero attached hydrogens (tertiary/aromatic N) is 1. The number of hydrogen-bond donors (Lipinski definition) is 1. The van der Waals surface area contributed by atoms with E-state index >= 15 is 0 Å². The van der Waals surface area contributed by atoms with E-state index in [4.69, 9.17) is 0 Å². The molecule has 1 aromatic carbocycles. The van der Waals surface area contributed by atoms with Gasteiger partial charge in [0, 0.05) is 13.1 Å². The fourth-order valence-corrected chi connectivity index (χ4v) is 3.32. The molecule has 0 unspecified atom stereocenters. The van der Waals surface area contributed by atoms with Crippen molar-refractivity contribution in [1.29, 1.82) is 0 Å². The van der Waals surface area contributed by atoms with Gasteiger partial charge < -0.3 is 4.90 Å². The summed E-state index contributed by atoms with van der Waals surface area (Å²) in [6, 6.07) is 6.72. The number of carbonyl (C=O) groups excluding carboxylic acids is 1. The quantitative estimate of drug-likeness (QED) is 0.797. The summed E-state index contributed by atoms with van der Waals surface area (Å²) in [5.74, 6) is -0.184. The third kappa shape index (κ3) is 5.13. The molecule has 0 saturated carbocycles. The van der Waals surface area contributed by atoms with Gasteiger partial charge in [-0.15, -0.1) is 0 Å². The average Bonchev–Trinajstić information content (AvgIpc) is 2.45. The van der Waals surface area contributed by atoms with Crippen molar-refractivity contribution in [3.63, 3.8) is 0 Å². The molecule has 0 aliphatic rings. The van der Waals surface area contributed by atoms with Crippen molar-refractivity contribution in [3.8, 4) is 0 Å². The zero-order valence-corrected chi connectivity index (χ0v) is 13.7. The molecule has 0 fully saturated rings. The Morgan fingerprint density at radius 2 is 1.71 bits per heavy atom. The van der Waals surface area contributed by atoms with E-state index in [2.05, 4.69) is 4.72 Å². The van der Waals surface area contributed by atoms with Gasteiger partial charge in [-0.1, -0.05) is 32.0 Å². The van der Waals surface area contributed by atoms with Crippen LogP contribution in [0.2, 0.25) is 0 Å². The molecule has 6 heteroatoms. The minimum Gasteiger partial charge on any atom is -0.342 e. The highest BCUT2D eigenvalue weighted by Crippen LogP contribution is 2.13. The molecule has 0 aromatic heterocycles. The molecule has 0 atom stereocenters. The van der Waals surface area contributed by atoms with Gasteiger partial charge in [0.05, 0.1) is 11.4 Å². The summed E-state index contributed by atoms with van der Waals surface area (Å²) in [7, 11) is -3.65. The third-order valence-electron chi connectivity index (χ3n) is 3.14. The molecule has 1 amide bonds. The molecular formula is C15H24N2O3S. The Kier molecular flexibility index (Phi) is 6.84. The normalized spacial score (nSPS) is 11.4. The predicted molar refractivity (Wildman–Crippen MR) is 83.5 cm³/mol. The number of benzene rings is 1. The molecule has 0 bridgehead atoms. The van der Waals surface area contributed by atoms with Crippen LogP contribution >= 0.6 is 0 Å². The molecular weight excluding hydrogens is 288 g/mol. The van der Waals surface area contributed by atoms with Crippen molar-refractivity contribution < 1.29 is 13.2 Å². The first-order valence-corrected chi connectivity index (χ1v) is 8.73. The van der Waals surface area contributed by atoms with Gasteiger partial charge in [-0.05, 0) is 31.4 Å². The van der Waals surface area contributed by atoms with Crippen LogP contribution in [0.1, 0.15) is 32.3 Å². The Morgan fingerprint density at radius 1 is 1.14 bits per heavy atom. The van der Waals surface area contributed by atoms with Crippen LogP contribution in [-0.4, -0.2) is 38.9 Å². The number of sulfonamides is 1. The molecule has 1 rings (SSSR count). The number of rotatable bonds is 8. The van der Waals surface area contributed by atoms with Crippen LogP contribution in [0.3, 0.4) is 0 Å². The number of carbonyl (C=O) groups is 1. The van der Waals surface area contributed by atoms with Gasteiger partial charge in [-0.25, -0.2) is 13.1 Å². The third-order valence-corrected chi connectivity index (χ3v) is 4.70. The SMILES string of the molecule is CCCN(CCC)C(=O)CNS(=O)(=O)c1ccccc1C. The maximum Gasteiger partial charge on any atom is 0.241 e. The van der Waals surface area contributed by atoms with Gasteiger partial charge >= 0.3 is 0 Å². The van der Waals surface area contributed by atoms with Gasteiger partial charge in [0.1, 0.15) is 0 Å². The zero-order valence-electron chi connectivity index (χ0n) is 12.9. The molecule has 0 aliphatic heterocycles. The second-order valence-electron chi connectivity index (χ2n) is 4.97. The van der Waals surface area contributed by atoms with E-state index in [-0.39, 0.29) is 17.3 Å². The molecule has 0 radical (unpaired) electrons. The summed E-state index contributed by atoms with van der Waals surface area (Å²) in [4.78, 5) is 14.0. The molecule has 0 heterocycles. The van der Waals surface area contributed by atoms with Crippen LogP contribution in [0, 0.1) is 6.92 Å². The van der Waals surface area contributed by atoms with Gasteiger partial charge in [0.2, 0.25) is 15.9 Å². The number of amides is 1. The molecule has 0 spiro atoms. The topological polar surface area (TPSA) is 66.5 Å². The number of hydrogen-bond acceptors (Lipinski definition) is 3. The predicted octanol–water partition coefficient (Wildman–Crippen LogP) is 1.92. The Labute approximate surface area is 127 Å². The van der Waals surface area contributed by atoms with Crippen molar-refractivity contribution in [2.75, 3.05) is 19.6 Å². The van der Waals surface area contributed by atoms with Crippen molar-refractivity contribution in [1.82, 2.24) is 9.62 Å². The van der Waals surface area contributed by atoms with E-state index in [0.717, 1.165) is 12.8 Å². The van der Waals surface area contributed by atoms with Crippen molar-refractivity contribution in [3.05, 3.63) is 29.8 Å². The van der Waals surface area contributed by atoms with Gasteiger partial charge in [-0.3, -0.25) is 4.79 Å². The van der Waals surface area contributed by atoms with Crippen LogP contribution in [0.5, 0.6) is 0 Å². The van der Waals surface area contributed by atoms with E-state index in [1.54, 1.807) is 30.0 Å². The van der Waals surface area contributed by atoms with Gasteiger partial charge in [-0.2, -0.15) is 0 Å². The Balaban J connectivity index is 2.73. The van der Waals surface area contributed by atoms with Crippen LogP contribution in [0.25, 0.3) is 0 Å². The second-order valence-corrected chi connectivity index (χ2v) is 6.71. The van der Waals surface area contributed by atoms with Crippen molar-refractivity contribution in [2.24, 2.45) is 0 Å². The highest BCUT2D eigenvalue weighted by atomic mass is 32.2. The standard InChI is InChI=1S/C15H24N2O3S/c1-4-10-17(11-5-2)15(18)12-16-21(19,20)14-9-7-6-8-13(14)3/h6-9,16H,4-5,10-12H2,1-3H3. The van der Waals surface area contributed by atoms with E-state index in [1.807, 2.05) is 13.8 Å². The van der Waals surface area contributed by atoms with E-state index in [0.29, 0.717) is 18.7 Å². The summed E-state index contributed by atoms with van der Waals surface area (Å²) in [5.41, 5.74) is 0.663. The lowest BCUT2D eigenvalue weighted by Crippen LogP contribution is -2.41. The van der Waals surface area contributed by atoms with E-state index in [1.165, 1.54) is 6.07 Å². The minimum absolute atomic E-state index is 0.184. The minimum atomic E-state index is -3.65. The highest BCUT2D eigenvalue weighted by molar-refractivity contribution is 7.89. The maximum atomic E-state index is 12.2. The Bertz CT molecular complexity index is 564. The second kappa shape index (κ2) is 8.14. The Hall–Kier alpha value is -1.40. The summed E-state index contributed by atoms with van der Waals surface area (Å²) >= 11 is 0. The van der Waals surface area contributed by atoms with Crippen LogP contribution < -0.4 is 4.72 Å². The summed E-state index contributed by atoms with van der Waals surface area (Å²) < 4.78 is 26.8. The van der Waals surface area contributed by atoms with E-state index in [9.17, 15) is 13.2 Å². The first-order chi connectivity index (χ1) is 9.92. The fraction of sp³-hybridized carbons (Fsp3) is 0.533. The van der Waals surface area contributed by atoms with Crippen molar-refractivity contribution in [2.45, 2.75) is 38.5 Å². The lowest BCUT2D eigenvalue weighted by atomic mass is 10.2. The van der Waals surface area contributed by atoms with E-state index < -0.39 is 10.0 Å². The van der Waals surface area contributed by atoms with Crippen molar-refractivity contribution >= 4 is 15.9 Å². The smallest absolute Gasteiger partial charge is 0.241 e. The Morgan fingerprint density at radius 3 is 2.24 bits per heavy atom. The molecule has 0 aliphatic carbocycles. The lowest BCUT2D eigenvalue weighted by molar-refractivity contribution is -0.130. The largest absolute Gasteiger partial charge is 0.342 e. The van der Waals surface area contributed by atoms with Crippen LogP contribution in [-0.2, 0) is 14.8 Å². The molecule has 1 aromatic rings. The van der Waals surface area contributed by atoms with Gasteiger partial charge in [0.25, 0.3) is 0 Å². The molecule has 1 N–H and O–H groups in total. The lowest BCUT2D eigenvalue weighted by Gasteiger charge is -2.21. The first kappa shape index (κ1) is 17.7. The number of nitrogens with one attached hydrogen (secondary N) is 1. The monoisotopic (exact) mass is 312 g/mol. The average molecular weight is 312 g/mol. The van der Waals surface area contributed by atoms with Crippen LogP contribution in [0.4, 0.5) is 0 Å². The fourth-order valence-electron chi connectivity index (χ4n) is 2.11. The summed E-state index contributed by atoms with van der Waals surface area (Å²) in [5, 5.41) is 0. The molecule has 0 saturated heterocycles.